The summed E-state index contributed by atoms with van der Waals surface area (Å²) < 4.78 is 23.5. The predicted molar refractivity (Wildman–Crippen MR) is 122 cm³/mol. The largest absolute Gasteiger partial charge is 0.490 e. The van der Waals surface area contributed by atoms with Gasteiger partial charge in [0.2, 0.25) is 0 Å². The second-order valence-corrected chi connectivity index (χ2v) is 7.86. The number of ether oxygens (including phenoxy) is 1. The number of amides is 1. The summed E-state index contributed by atoms with van der Waals surface area (Å²) in [6.45, 7) is 7.69. The number of hydrogen-bond acceptors (Lipinski definition) is 4. The molecule has 0 saturated carbocycles. The lowest BCUT2D eigenvalue weighted by atomic mass is 10.1. The number of anilines is 1. The third-order valence-corrected chi connectivity index (χ3v) is 5.21. The summed E-state index contributed by atoms with van der Waals surface area (Å²) in [6.07, 6.45) is 1.97. The molecule has 3 aromatic rings. The van der Waals surface area contributed by atoms with Gasteiger partial charge in [-0.15, -0.1) is 5.10 Å². The van der Waals surface area contributed by atoms with Crippen LogP contribution in [0.15, 0.2) is 41.2 Å². The Bertz CT molecular complexity index is 1180. The van der Waals surface area contributed by atoms with Gasteiger partial charge in [-0.25, -0.2) is 9.18 Å². The summed E-state index contributed by atoms with van der Waals surface area (Å²) >= 11 is 0. The van der Waals surface area contributed by atoms with Crippen LogP contribution in [0.25, 0.3) is 5.69 Å². The fourth-order valence-corrected chi connectivity index (χ4v) is 3.53. The minimum absolute atomic E-state index is 0.0513. The SMILES string of the molecule is CCC[C@H](C)Oc1cc(-n2nc(CC)n(C)c2=O)c(F)cc1C(=O)Nc1cccc(C)c1. The van der Waals surface area contributed by atoms with Crippen molar-refractivity contribution in [3.8, 4) is 11.4 Å². The number of rotatable bonds is 8. The van der Waals surface area contributed by atoms with Gasteiger partial charge in [0.1, 0.15) is 23.1 Å². The maximum Gasteiger partial charge on any atom is 0.350 e. The van der Waals surface area contributed by atoms with Crippen molar-refractivity contribution in [3.05, 3.63) is 69.7 Å². The van der Waals surface area contributed by atoms with E-state index in [4.69, 9.17) is 4.74 Å². The van der Waals surface area contributed by atoms with Gasteiger partial charge in [0, 0.05) is 25.2 Å². The lowest BCUT2D eigenvalue weighted by Gasteiger charge is -2.18. The van der Waals surface area contributed by atoms with Crippen LogP contribution in [0, 0.1) is 12.7 Å². The van der Waals surface area contributed by atoms with E-state index in [1.54, 1.807) is 13.1 Å². The van der Waals surface area contributed by atoms with Crippen LogP contribution in [0.5, 0.6) is 5.75 Å². The van der Waals surface area contributed by atoms with Gasteiger partial charge < -0.3 is 10.1 Å². The van der Waals surface area contributed by atoms with Crippen molar-refractivity contribution in [2.45, 2.75) is 53.1 Å². The molecule has 1 amide bonds. The molecule has 8 heteroatoms. The van der Waals surface area contributed by atoms with Crippen LogP contribution in [-0.4, -0.2) is 26.4 Å². The van der Waals surface area contributed by atoms with E-state index < -0.39 is 17.4 Å². The Morgan fingerprint density at radius 1 is 1.25 bits per heavy atom. The van der Waals surface area contributed by atoms with Crippen molar-refractivity contribution >= 4 is 11.6 Å². The van der Waals surface area contributed by atoms with Gasteiger partial charge in [0.05, 0.1) is 11.7 Å². The molecule has 0 fully saturated rings. The van der Waals surface area contributed by atoms with Crippen molar-refractivity contribution in [1.29, 1.82) is 0 Å². The summed E-state index contributed by atoms with van der Waals surface area (Å²) in [6, 6.07) is 9.80. The van der Waals surface area contributed by atoms with Gasteiger partial charge in [0.15, 0.2) is 0 Å². The molecule has 3 rings (SSSR count). The molecule has 0 radical (unpaired) electrons. The third kappa shape index (κ3) is 4.90. The number of hydrogen-bond donors (Lipinski definition) is 1. The predicted octanol–water partition coefficient (Wildman–Crippen LogP) is 4.40. The summed E-state index contributed by atoms with van der Waals surface area (Å²) in [4.78, 5) is 25.6. The molecule has 1 heterocycles. The van der Waals surface area contributed by atoms with Gasteiger partial charge >= 0.3 is 5.69 Å². The molecule has 0 bridgehead atoms. The lowest BCUT2D eigenvalue weighted by molar-refractivity contribution is 0.101. The Hall–Kier alpha value is -3.42. The molecule has 170 valence electrons. The molecule has 1 N–H and O–H groups in total. The molecule has 1 aromatic heterocycles. The highest BCUT2D eigenvalue weighted by molar-refractivity contribution is 6.06. The number of carbonyl (C=O) groups excluding carboxylic acids is 1. The molecule has 7 nitrogen and oxygen atoms in total. The summed E-state index contributed by atoms with van der Waals surface area (Å²) in [5.41, 5.74) is 1.11. The second-order valence-electron chi connectivity index (χ2n) is 7.86. The zero-order valence-corrected chi connectivity index (χ0v) is 19.1. The van der Waals surface area contributed by atoms with E-state index in [9.17, 15) is 9.59 Å². The van der Waals surface area contributed by atoms with E-state index in [0.717, 1.165) is 29.2 Å². The molecule has 0 aliphatic carbocycles. The Balaban J connectivity index is 2.07. The van der Waals surface area contributed by atoms with Crippen LogP contribution in [-0.2, 0) is 13.5 Å². The standard InChI is InChI=1S/C24H29FN4O3/c1-6-9-16(4)32-21-14-20(29-24(31)28(5)22(7-2)27-29)19(25)13-18(21)23(30)26-17-11-8-10-15(3)12-17/h8,10-14,16H,6-7,9H2,1-5H3,(H,26,30)/t16-/m0/s1. The van der Waals surface area contributed by atoms with Crippen LogP contribution >= 0.6 is 0 Å². The molecular formula is C24H29FN4O3. The average Bonchev–Trinajstić information content (AvgIpc) is 3.03. The molecule has 0 spiro atoms. The number of halogens is 1. The van der Waals surface area contributed by atoms with Gasteiger partial charge in [0.25, 0.3) is 5.91 Å². The van der Waals surface area contributed by atoms with E-state index in [2.05, 4.69) is 10.4 Å². The number of benzene rings is 2. The molecule has 0 unspecified atom stereocenters. The van der Waals surface area contributed by atoms with Crippen molar-refractivity contribution in [2.24, 2.45) is 7.05 Å². The summed E-state index contributed by atoms with van der Waals surface area (Å²) in [7, 11) is 1.59. The third-order valence-electron chi connectivity index (χ3n) is 5.21. The number of nitrogens with one attached hydrogen (secondary N) is 1. The quantitative estimate of drug-likeness (QED) is 0.563. The highest BCUT2D eigenvalue weighted by Gasteiger charge is 2.22. The fraction of sp³-hybridized carbons (Fsp3) is 0.375. The van der Waals surface area contributed by atoms with Crippen LogP contribution < -0.4 is 15.7 Å². The Labute approximate surface area is 186 Å². The fourth-order valence-electron chi connectivity index (χ4n) is 3.53. The minimum Gasteiger partial charge on any atom is -0.490 e. The number of aryl methyl sites for hydroxylation is 2. The number of carbonyl (C=O) groups is 1. The Morgan fingerprint density at radius 3 is 2.62 bits per heavy atom. The van der Waals surface area contributed by atoms with Crippen molar-refractivity contribution in [1.82, 2.24) is 14.3 Å². The molecule has 0 aliphatic heterocycles. The van der Waals surface area contributed by atoms with Gasteiger partial charge in [-0.05, 0) is 44.0 Å². The monoisotopic (exact) mass is 440 g/mol. The van der Waals surface area contributed by atoms with Gasteiger partial charge in [-0.3, -0.25) is 9.36 Å². The van der Waals surface area contributed by atoms with Crippen LogP contribution in [0.4, 0.5) is 10.1 Å². The van der Waals surface area contributed by atoms with Crippen LogP contribution in [0.2, 0.25) is 0 Å². The lowest BCUT2D eigenvalue weighted by Crippen LogP contribution is -2.24. The molecular weight excluding hydrogens is 411 g/mol. The maximum atomic E-state index is 15.1. The Kier molecular flexibility index (Phi) is 7.12. The highest BCUT2D eigenvalue weighted by Crippen LogP contribution is 2.28. The zero-order valence-electron chi connectivity index (χ0n) is 19.1. The minimum atomic E-state index is -0.738. The number of aromatic nitrogens is 3. The zero-order chi connectivity index (χ0) is 23.4. The van der Waals surface area contributed by atoms with Crippen LogP contribution in [0.1, 0.15) is 55.4 Å². The van der Waals surface area contributed by atoms with Crippen molar-refractivity contribution in [2.75, 3.05) is 5.32 Å². The number of nitrogens with zero attached hydrogens (tertiary/aromatic N) is 3. The highest BCUT2D eigenvalue weighted by atomic mass is 19.1. The molecule has 32 heavy (non-hydrogen) atoms. The second kappa shape index (κ2) is 9.80. The summed E-state index contributed by atoms with van der Waals surface area (Å²) in [5.74, 6) is -0.513. The van der Waals surface area contributed by atoms with Gasteiger partial charge in [-0.1, -0.05) is 32.4 Å². The van der Waals surface area contributed by atoms with E-state index in [-0.39, 0.29) is 23.1 Å². The summed E-state index contributed by atoms with van der Waals surface area (Å²) in [5, 5.41) is 7.03. The first-order chi connectivity index (χ1) is 15.2. The molecule has 2 aromatic carbocycles. The van der Waals surface area contributed by atoms with Crippen LogP contribution in [0.3, 0.4) is 0 Å². The molecule has 1 atom stereocenters. The van der Waals surface area contributed by atoms with E-state index in [1.165, 1.54) is 10.6 Å². The van der Waals surface area contributed by atoms with Crippen molar-refractivity contribution in [3.63, 3.8) is 0 Å². The average molecular weight is 441 g/mol. The van der Waals surface area contributed by atoms with E-state index in [0.29, 0.717) is 17.9 Å². The normalized spacial score (nSPS) is 11.9. The molecule has 0 aliphatic rings. The Morgan fingerprint density at radius 2 is 2.00 bits per heavy atom. The topological polar surface area (TPSA) is 78.2 Å². The molecule has 0 saturated heterocycles. The van der Waals surface area contributed by atoms with E-state index in [1.807, 2.05) is 45.9 Å². The van der Waals surface area contributed by atoms with E-state index >= 15 is 4.39 Å². The first kappa shape index (κ1) is 23.2. The van der Waals surface area contributed by atoms with Crippen molar-refractivity contribution < 1.29 is 13.9 Å². The van der Waals surface area contributed by atoms with Gasteiger partial charge in [-0.2, -0.15) is 4.68 Å². The maximum absolute atomic E-state index is 15.1. The first-order valence-electron chi connectivity index (χ1n) is 10.8. The first-order valence-corrected chi connectivity index (χ1v) is 10.8. The smallest absolute Gasteiger partial charge is 0.350 e.